The lowest BCUT2D eigenvalue weighted by atomic mass is 9.81. The summed E-state index contributed by atoms with van der Waals surface area (Å²) < 4.78 is 4.98. The molecule has 7 heteroatoms. The van der Waals surface area contributed by atoms with Crippen molar-refractivity contribution in [1.82, 2.24) is 14.9 Å². The minimum atomic E-state index is -0.346. The molecule has 2 rings (SSSR count). The van der Waals surface area contributed by atoms with Crippen LogP contribution in [0.15, 0.2) is 30.3 Å². The molecule has 1 aliphatic rings. The second-order valence-electron chi connectivity index (χ2n) is 9.77. The number of nitrogens with zero attached hydrogens (tertiary/aromatic N) is 3. The molecule has 1 aliphatic carbocycles. The van der Waals surface area contributed by atoms with Crippen LogP contribution >= 0.6 is 0 Å². The van der Waals surface area contributed by atoms with Gasteiger partial charge in [-0.3, -0.25) is 14.5 Å². The fraction of sp³-hybridized carbons (Fsp3) is 0.750. The first-order valence-electron chi connectivity index (χ1n) is 13.4. The number of rotatable bonds is 15. The van der Waals surface area contributed by atoms with Gasteiger partial charge in [-0.1, -0.05) is 50.6 Å². The highest BCUT2D eigenvalue weighted by Gasteiger charge is 2.26. The number of hydrogen-bond acceptors (Lipinski definition) is 7. The monoisotopic (exact) mass is 493 g/mol. The Labute approximate surface area is 214 Å². The van der Waals surface area contributed by atoms with E-state index in [1.54, 1.807) is 0 Å². The van der Waals surface area contributed by atoms with Gasteiger partial charge in [-0.2, -0.15) is 5.06 Å². The molecule has 202 valence electrons. The lowest BCUT2D eigenvalue weighted by Gasteiger charge is -2.35. The van der Waals surface area contributed by atoms with Crippen LogP contribution in [0.4, 0.5) is 0 Å². The fourth-order valence-electron chi connectivity index (χ4n) is 4.69. The van der Waals surface area contributed by atoms with E-state index in [0.717, 1.165) is 32.7 Å². The molecule has 0 spiro atoms. The van der Waals surface area contributed by atoms with Crippen LogP contribution in [0.1, 0.15) is 58.4 Å². The summed E-state index contributed by atoms with van der Waals surface area (Å²) in [5, 5.41) is 11.5. The molecule has 0 saturated heterocycles. The summed E-state index contributed by atoms with van der Waals surface area (Å²) in [6.07, 6.45) is 5.12. The van der Waals surface area contributed by atoms with Crippen LogP contribution in [-0.4, -0.2) is 92.6 Å². The number of carbonyl (C=O) groups is 1. The first-order chi connectivity index (χ1) is 16.9. The molecule has 0 aromatic heterocycles. The first kappa shape index (κ1) is 31.5. The molecule has 0 aliphatic heterocycles. The van der Waals surface area contributed by atoms with Gasteiger partial charge in [0, 0.05) is 53.1 Å². The third kappa shape index (κ3) is 14.6. The maximum atomic E-state index is 10.9. The minimum Gasteiger partial charge on any atom is -0.466 e. The van der Waals surface area contributed by atoms with Gasteiger partial charge in [-0.05, 0) is 50.8 Å². The van der Waals surface area contributed by atoms with Crippen LogP contribution in [0, 0.1) is 11.8 Å². The molecule has 3 unspecified atom stereocenters. The van der Waals surface area contributed by atoms with E-state index in [9.17, 15) is 9.90 Å². The second kappa shape index (κ2) is 18.7. The largest absolute Gasteiger partial charge is 0.466 e. The smallest absolute Gasteiger partial charge is 0.302 e. The molecular formula is C28H51N3O4. The van der Waals surface area contributed by atoms with Gasteiger partial charge in [-0.15, -0.1) is 0 Å². The van der Waals surface area contributed by atoms with E-state index in [0.29, 0.717) is 18.3 Å². The van der Waals surface area contributed by atoms with E-state index in [2.05, 4.69) is 54.2 Å². The van der Waals surface area contributed by atoms with E-state index < -0.39 is 0 Å². The lowest BCUT2D eigenvalue weighted by molar-refractivity contribution is -0.203. The highest BCUT2D eigenvalue weighted by Crippen LogP contribution is 2.30. The predicted molar refractivity (Wildman–Crippen MR) is 143 cm³/mol. The molecule has 0 heterocycles. The van der Waals surface area contributed by atoms with Gasteiger partial charge in [0.1, 0.15) is 6.10 Å². The summed E-state index contributed by atoms with van der Waals surface area (Å²) >= 11 is 0. The second-order valence-corrected chi connectivity index (χ2v) is 9.77. The number of aliphatic hydroxyl groups is 1. The van der Waals surface area contributed by atoms with Crippen molar-refractivity contribution in [3.8, 4) is 0 Å². The van der Waals surface area contributed by atoms with Crippen molar-refractivity contribution in [3.63, 3.8) is 0 Å². The molecule has 0 bridgehead atoms. The van der Waals surface area contributed by atoms with Crippen LogP contribution in [0.2, 0.25) is 0 Å². The number of ether oxygens (including phenoxy) is 1. The molecule has 7 nitrogen and oxygen atoms in total. The Morgan fingerprint density at radius 2 is 1.71 bits per heavy atom. The van der Waals surface area contributed by atoms with Crippen molar-refractivity contribution >= 4 is 5.97 Å². The molecule has 1 saturated carbocycles. The molecule has 1 fully saturated rings. The van der Waals surface area contributed by atoms with Crippen LogP contribution < -0.4 is 0 Å². The van der Waals surface area contributed by atoms with E-state index in [4.69, 9.17) is 9.57 Å². The quantitative estimate of drug-likeness (QED) is 0.292. The number of aliphatic hydroxyl groups excluding tert-OH is 1. The van der Waals surface area contributed by atoms with Crippen LogP contribution in [0.3, 0.4) is 0 Å². The number of benzene rings is 1. The Hall–Kier alpha value is -1.51. The number of likely N-dealkylation sites (N-methyl/N-ethyl adjacent to an activating group) is 1. The number of carbonyl (C=O) groups excluding carboxylic acids is 1. The van der Waals surface area contributed by atoms with Gasteiger partial charge >= 0.3 is 5.97 Å². The van der Waals surface area contributed by atoms with Crippen LogP contribution in [0.25, 0.3) is 0 Å². The molecule has 3 atom stereocenters. The number of esters is 1. The van der Waals surface area contributed by atoms with E-state index in [1.165, 1.54) is 38.2 Å². The first-order valence-corrected chi connectivity index (χ1v) is 13.4. The molecule has 1 aromatic carbocycles. The molecule has 35 heavy (non-hydrogen) atoms. The summed E-state index contributed by atoms with van der Waals surface area (Å²) in [5.74, 6) is 0.981. The minimum absolute atomic E-state index is 0.0841. The zero-order valence-corrected chi connectivity index (χ0v) is 23.1. The average Bonchev–Trinajstić information content (AvgIpc) is 2.83. The summed E-state index contributed by atoms with van der Waals surface area (Å²) in [6.45, 7) is 10.7. The third-order valence-electron chi connectivity index (χ3n) is 6.31. The Morgan fingerprint density at radius 1 is 1.06 bits per heavy atom. The van der Waals surface area contributed by atoms with Gasteiger partial charge in [0.25, 0.3) is 0 Å². The van der Waals surface area contributed by atoms with Crippen molar-refractivity contribution in [3.05, 3.63) is 35.9 Å². The maximum Gasteiger partial charge on any atom is 0.302 e. The van der Waals surface area contributed by atoms with Crippen molar-refractivity contribution in [2.75, 3.05) is 60.5 Å². The van der Waals surface area contributed by atoms with E-state index in [-0.39, 0.29) is 25.3 Å². The highest BCUT2D eigenvalue weighted by atomic mass is 16.7. The van der Waals surface area contributed by atoms with E-state index in [1.807, 2.05) is 26.0 Å². The van der Waals surface area contributed by atoms with Gasteiger partial charge < -0.3 is 14.7 Å². The van der Waals surface area contributed by atoms with Crippen molar-refractivity contribution in [2.45, 2.75) is 65.5 Å². The maximum absolute atomic E-state index is 10.9. The average molecular weight is 494 g/mol. The molecule has 1 aromatic rings. The van der Waals surface area contributed by atoms with Crippen LogP contribution in [0.5, 0.6) is 0 Å². The fourth-order valence-corrected chi connectivity index (χ4v) is 4.69. The zero-order chi connectivity index (χ0) is 26.1. The Morgan fingerprint density at radius 3 is 2.31 bits per heavy atom. The molecule has 1 N–H and O–H groups in total. The van der Waals surface area contributed by atoms with Crippen molar-refractivity contribution in [2.24, 2.45) is 11.8 Å². The van der Waals surface area contributed by atoms with Gasteiger partial charge in [0.2, 0.25) is 0 Å². The van der Waals surface area contributed by atoms with Gasteiger partial charge in [-0.25, -0.2) is 0 Å². The summed E-state index contributed by atoms with van der Waals surface area (Å²) in [5.41, 5.74) is 1.38. The van der Waals surface area contributed by atoms with Crippen molar-refractivity contribution < 1.29 is 19.5 Å². The highest BCUT2D eigenvalue weighted by molar-refractivity contribution is 5.65. The van der Waals surface area contributed by atoms with Gasteiger partial charge in [0.05, 0.1) is 13.2 Å². The summed E-state index contributed by atoms with van der Waals surface area (Å²) in [7, 11) is 6.22. The molecular weight excluding hydrogens is 442 g/mol. The number of hydrogen-bond donors (Lipinski definition) is 1. The summed E-state index contributed by atoms with van der Waals surface area (Å²) in [6, 6.07) is 10.8. The topological polar surface area (TPSA) is 65.5 Å². The zero-order valence-electron chi connectivity index (χ0n) is 23.1. The number of hydroxylamine groups is 2. The normalized spacial score (nSPS) is 18.9. The Balaban J connectivity index is 0.00000298. The third-order valence-corrected chi connectivity index (χ3v) is 6.31. The van der Waals surface area contributed by atoms with E-state index >= 15 is 0 Å². The van der Waals surface area contributed by atoms with Gasteiger partial charge in [0.15, 0.2) is 0 Å². The predicted octanol–water partition coefficient (Wildman–Crippen LogP) is 4.06. The van der Waals surface area contributed by atoms with Crippen molar-refractivity contribution in [1.29, 1.82) is 0 Å². The van der Waals surface area contributed by atoms with Crippen LogP contribution in [-0.2, 0) is 20.9 Å². The summed E-state index contributed by atoms with van der Waals surface area (Å²) in [4.78, 5) is 21.7. The lowest BCUT2D eigenvalue weighted by Crippen LogP contribution is -2.38. The standard InChI is InChI=1S/C26H45N3O4.C2H6/c1-22(31)32-16-13-26(21-30)33-28(4)18-24-11-8-12-25(17-24)20-29(15-14-27(2)3)19-23-9-6-5-7-10-23;1-2/h5-7,9-10,24-26,30H,8,11-21H2,1-4H3;1-2H3. The molecule has 0 radical (unpaired) electrons. The SMILES string of the molecule is CC.CC(=O)OCCC(CO)ON(C)CC1CCCC(CN(CCN(C)C)Cc2ccccc2)C1. The molecule has 0 amide bonds. The Bertz CT molecular complexity index is 659. The Kier molecular flexibility index (Phi) is 16.9.